The molecule has 0 aliphatic carbocycles. The predicted octanol–water partition coefficient (Wildman–Crippen LogP) is 2.16. The van der Waals surface area contributed by atoms with Crippen molar-refractivity contribution in [3.05, 3.63) is 48.0 Å². The first-order valence-electron chi connectivity index (χ1n) is 4.98. The van der Waals surface area contributed by atoms with Gasteiger partial charge in [0.25, 0.3) is 0 Å². The average Bonchev–Trinajstić information content (AvgIpc) is 2.62. The van der Waals surface area contributed by atoms with Crippen molar-refractivity contribution in [1.29, 1.82) is 0 Å². The molecule has 0 saturated carbocycles. The zero-order valence-corrected chi connectivity index (χ0v) is 8.77. The third-order valence-corrected chi connectivity index (χ3v) is 2.45. The second-order valence-electron chi connectivity index (χ2n) is 3.47. The molecular weight excluding hydrogens is 186 g/mol. The zero-order valence-electron chi connectivity index (χ0n) is 8.77. The van der Waals surface area contributed by atoms with Crippen LogP contribution in [-0.4, -0.2) is 11.6 Å². The molecular formula is C12H15N3. The molecule has 0 aliphatic heterocycles. The van der Waals surface area contributed by atoms with Gasteiger partial charge < -0.3 is 15.6 Å². The Hall–Kier alpha value is -1.90. The Morgan fingerprint density at radius 3 is 2.53 bits per heavy atom. The first-order chi connectivity index (χ1) is 7.31. The average molecular weight is 201 g/mol. The fourth-order valence-corrected chi connectivity index (χ4v) is 1.64. The van der Waals surface area contributed by atoms with Crippen LogP contribution in [0.3, 0.4) is 0 Å². The second kappa shape index (κ2) is 4.09. The van der Waals surface area contributed by atoms with Crippen LogP contribution >= 0.6 is 0 Å². The first kappa shape index (κ1) is 9.65. The summed E-state index contributed by atoms with van der Waals surface area (Å²) in [7, 11) is 1.90. The summed E-state index contributed by atoms with van der Waals surface area (Å²) in [6, 6.07) is 14.2. The van der Waals surface area contributed by atoms with Crippen molar-refractivity contribution in [3.63, 3.8) is 0 Å². The van der Waals surface area contributed by atoms with Crippen molar-refractivity contribution in [2.45, 2.75) is 6.54 Å². The van der Waals surface area contributed by atoms with Crippen molar-refractivity contribution in [2.24, 2.45) is 0 Å². The van der Waals surface area contributed by atoms with E-state index >= 15 is 0 Å². The lowest BCUT2D eigenvalue weighted by Gasteiger charge is -2.10. The Morgan fingerprint density at radius 1 is 1.13 bits per heavy atom. The van der Waals surface area contributed by atoms with Gasteiger partial charge in [-0.3, -0.25) is 0 Å². The van der Waals surface area contributed by atoms with Gasteiger partial charge in [-0.05, 0) is 17.7 Å². The number of benzene rings is 1. The van der Waals surface area contributed by atoms with Gasteiger partial charge in [0.05, 0.1) is 6.54 Å². The van der Waals surface area contributed by atoms with E-state index in [-0.39, 0.29) is 0 Å². The lowest BCUT2D eigenvalue weighted by atomic mass is 10.2. The summed E-state index contributed by atoms with van der Waals surface area (Å²) in [5.41, 5.74) is 7.13. The van der Waals surface area contributed by atoms with Crippen LogP contribution in [0.5, 0.6) is 0 Å². The quantitative estimate of drug-likeness (QED) is 0.799. The smallest absolute Gasteiger partial charge is 0.107 e. The number of nitrogens with two attached hydrogens (primary N) is 1. The molecule has 15 heavy (non-hydrogen) atoms. The fourth-order valence-electron chi connectivity index (χ4n) is 1.64. The van der Waals surface area contributed by atoms with Crippen LogP contribution < -0.4 is 11.1 Å². The molecule has 1 aromatic carbocycles. The number of nitrogens with zero attached hydrogens (tertiary/aromatic N) is 1. The Bertz CT molecular complexity index is 431. The van der Waals surface area contributed by atoms with Crippen LogP contribution in [-0.2, 0) is 6.54 Å². The van der Waals surface area contributed by atoms with E-state index in [0.717, 1.165) is 18.2 Å². The SMILES string of the molecule is CNc1ccc(N)n1Cc1ccccc1. The van der Waals surface area contributed by atoms with Crippen LogP contribution in [0, 0.1) is 0 Å². The summed E-state index contributed by atoms with van der Waals surface area (Å²) in [5.74, 6) is 1.82. The summed E-state index contributed by atoms with van der Waals surface area (Å²) in [6.07, 6.45) is 0. The number of aromatic nitrogens is 1. The molecule has 0 bridgehead atoms. The van der Waals surface area contributed by atoms with E-state index in [1.54, 1.807) is 0 Å². The lowest BCUT2D eigenvalue weighted by molar-refractivity contribution is 0.824. The molecule has 0 amide bonds. The minimum absolute atomic E-state index is 0.781. The van der Waals surface area contributed by atoms with Gasteiger partial charge in [0, 0.05) is 7.05 Å². The summed E-state index contributed by atoms with van der Waals surface area (Å²) in [5, 5.41) is 3.12. The third-order valence-electron chi connectivity index (χ3n) is 2.45. The number of anilines is 2. The summed E-state index contributed by atoms with van der Waals surface area (Å²) < 4.78 is 2.05. The van der Waals surface area contributed by atoms with Gasteiger partial charge in [0.2, 0.25) is 0 Å². The minimum Gasteiger partial charge on any atom is -0.385 e. The van der Waals surface area contributed by atoms with E-state index in [1.807, 2.05) is 37.4 Å². The number of rotatable bonds is 3. The van der Waals surface area contributed by atoms with E-state index in [2.05, 4.69) is 22.0 Å². The van der Waals surface area contributed by atoms with Gasteiger partial charge in [-0.25, -0.2) is 0 Å². The highest BCUT2D eigenvalue weighted by atomic mass is 15.1. The molecule has 3 heteroatoms. The van der Waals surface area contributed by atoms with Gasteiger partial charge in [0.15, 0.2) is 0 Å². The highest BCUT2D eigenvalue weighted by Crippen LogP contribution is 2.17. The molecule has 2 aromatic rings. The first-order valence-corrected chi connectivity index (χ1v) is 4.98. The molecule has 0 aliphatic rings. The van der Waals surface area contributed by atoms with Crippen LogP contribution in [0.25, 0.3) is 0 Å². The molecule has 3 nitrogen and oxygen atoms in total. The number of hydrogen-bond acceptors (Lipinski definition) is 2. The van der Waals surface area contributed by atoms with Crippen molar-refractivity contribution in [3.8, 4) is 0 Å². The van der Waals surface area contributed by atoms with E-state index in [1.165, 1.54) is 5.56 Å². The van der Waals surface area contributed by atoms with E-state index in [9.17, 15) is 0 Å². The van der Waals surface area contributed by atoms with Gasteiger partial charge in [-0.15, -0.1) is 0 Å². The number of nitrogen functional groups attached to an aromatic ring is 1. The van der Waals surface area contributed by atoms with E-state index in [0.29, 0.717) is 0 Å². The second-order valence-corrected chi connectivity index (χ2v) is 3.47. The Kier molecular flexibility index (Phi) is 2.63. The van der Waals surface area contributed by atoms with Crippen molar-refractivity contribution in [1.82, 2.24) is 4.57 Å². The summed E-state index contributed by atoms with van der Waals surface area (Å²) in [6.45, 7) is 0.801. The third kappa shape index (κ3) is 1.96. The Labute approximate surface area is 89.5 Å². The van der Waals surface area contributed by atoms with Crippen molar-refractivity contribution < 1.29 is 0 Å². The van der Waals surface area contributed by atoms with Crippen LogP contribution in [0.4, 0.5) is 11.6 Å². The topological polar surface area (TPSA) is 43.0 Å². The molecule has 78 valence electrons. The van der Waals surface area contributed by atoms with Crippen molar-refractivity contribution >= 4 is 11.6 Å². The molecule has 0 fully saturated rings. The summed E-state index contributed by atoms with van der Waals surface area (Å²) in [4.78, 5) is 0. The molecule has 0 saturated heterocycles. The van der Waals surface area contributed by atoms with Crippen LogP contribution in [0.15, 0.2) is 42.5 Å². The van der Waals surface area contributed by atoms with E-state index in [4.69, 9.17) is 5.73 Å². The largest absolute Gasteiger partial charge is 0.385 e. The number of hydrogen-bond donors (Lipinski definition) is 2. The fraction of sp³-hybridized carbons (Fsp3) is 0.167. The maximum Gasteiger partial charge on any atom is 0.107 e. The van der Waals surface area contributed by atoms with Crippen LogP contribution in [0.1, 0.15) is 5.56 Å². The lowest BCUT2D eigenvalue weighted by Crippen LogP contribution is -2.07. The molecule has 0 atom stereocenters. The highest BCUT2D eigenvalue weighted by molar-refractivity contribution is 5.48. The van der Waals surface area contributed by atoms with Gasteiger partial charge in [0.1, 0.15) is 11.6 Å². The molecule has 0 unspecified atom stereocenters. The maximum absolute atomic E-state index is 5.89. The van der Waals surface area contributed by atoms with Gasteiger partial charge in [-0.1, -0.05) is 30.3 Å². The van der Waals surface area contributed by atoms with Gasteiger partial charge in [-0.2, -0.15) is 0 Å². The predicted molar refractivity (Wildman–Crippen MR) is 63.9 cm³/mol. The van der Waals surface area contributed by atoms with Crippen molar-refractivity contribution in [2.75, 3.05) is 18.1 Å². The number of nitrogens with one attached hydrogen (secondary N) is 1. The zero-order chi connectivity index (χ0) is 10.7. The summed E-state index contributed by atoms with van der Waals surface area (Å²) >= 11 is 0. The molecule has 3 N–H and O–H groups in total. The minimum atomic E-state index is 0.781. The Morgan fingerprint density at radius 2 is 1.87 bits per heavy atom. The molecule has 0 spiro atoms. The maximum atomic E-state index is 5.89. The van der Waals surface area contributed by atoms with E-state index < -0.39 is 0 Å². The monoisotopic (exact) mass is 201 g/mol. The Balaban J connectivity index is 2.27. The molecule has 2 rings (SSSR count). The normalized spacial score (nSPS) is 10.2. The standard InChI is InChI=1S/C12H15N3/c1-14-12-8-7-11(13)15(12)9-10-5-3-2-4-6-10/h2-8,14H,9,13H2,1H3. The molecule has 0 radical (unpaired) electrons. The van der Waals surface area contributed by atoms with Crippen LogP contribution in [0.2, 0.25) is 0 Å². The van der Waals surface area contributed by atoms with Gasteiger partial charge >= 0.3 is 0 Å². The molecule has 1 heterocycles. The highest BCUT2D eigenvalue weighted by Gasteiger charge is 2.03. The molecule has 1 aromatic heterocycles.